The fraction of sp³-hybridized carbons (Fsp3) is 0.529. The fourth-order valence-electron chi connectivity index (χ4n) is 1.84. The third-order valence-electron chi connectivity index (χ3n) is 2.74. The lowest BCUT2D eigenvalue weighted by Crippen LogP contribution is -1.97. The monoisotopic (exact) mass is 275 g/mol. The number of unbranched alkanes of at least 4 members (excludes halogenated alkanes) is 3. The smallest absolute Gasteiger partial charge is 0.124 e. The van der Waals surface area contributed by atoms with E-state index in [2.05, 4.69) is 11.8 Å². The highest BCUT2D eigenvalue weighted by Gasteiger charge is 2.00. The number of hydrogen-bond donors (Lipinski definition) is 1. The Morgan fingerprint density at radius 1 is 0.950 bits per heavy atom. The lowest BCUT2D eigenvalue weighted by molar-refractivity contribution is 0.323. The van der Waals surface area contributed by atoms with E-state index in [0.717, 1.165) is 49.3 Å². The Hall–Kier alpha value is -1.66. The normalized spacial score (nSPS) is 9.75. The lowest BCUT2D eigenvalue weighted by Gasteiger charge is -2.08. The lowest BCUT2D eigenvalue weighted by atomic mass is 10.1. The van der Waals surface area contributed by atoms with Gasteiger partial charge in [-0.3, -0.25) is 0 Å². The molecule has 3 heteroatoms. The molecule has 0 unspecified atom stereocenters. The van der Waals surface area contributed by atoms with Gasteiger partial charge in [0, 0.05) is 18.1 Å². The average molecular weight is 275 g/mol. The minimum absolute atomic E-state index is 0.640. The van der Waals surface area contributed by atoms with Crippen molar-refractivity contribution in [1.29, 1.82) is 0 Å². The largest absolute Gasteiger partial charge is 0.494 e. The Bertz CT molecular complexity index is 422. The Balaban J connectivity index is 2.65. The van der Waals surface area contributed by atoms with Gasteiger partial charge in [-0.2, -0.15) is 0 Å². The molecule has 110 valence electrons. The van der Waals surface area contributed by atoms with E-state index in [-0.39, 0.29) is 0 Å². The highest BCUT2D eigenvalue weighted by atomic mass is 16.5. The molecule has 3 nitrogen and oxygen atoms in total. The zero-order chi connectivity index (χ0) is 14.6. The van der Waals surface area contributed by atoms with Gasteiger partial charge in [0.15, 0.2) is 0 Å². The fourth-order valence-corrected chi connectivity index (χ4v) is 1.84. The van der Waals surface area contributed by atoms with Crippen molar-refractivity contribution < 1.29 is 9.47 Å². The number of nitrogens with two attached hydrogens (primary N) is 1. The van der Waals surface area contributed by atoms with Gasteiger partial charge in [-0.15, -0.1) is 0 Å². The minimum Gasteiger partial charge on any atom is -0.494 e. The summed E-state index contributed by atoms with van der Waals surface area (Å²) in [5.74, 6) is 8.00. The molecule has 1 aromatic rings. The van der Waals surface area contributed by atoms with E-state index in [9.17, 15) is 0 Å². The first-order valence-corrected chi connectivity index (χ1v) is 7.39. The van der Waals surface area contributed by atoms with Crippen molar-refractivity contribution in [2.24, 2.45) is 5.73 Å². The summed E-state index contributed by atoms with van der Waals surface area (Å²) in [7, 11) is 0. The van der Waals surface area contributed by atoms with E-state index in [1.54, 1.807) is 0 Å². The highest BCUT2D eigenvalue weighted by Crippen LogP contribution is 2.22. The van der Waals surface area contributed by atoms with Crippen LogP contribution in [0, 0.1) is 11.8 Å². The predicted molar refractivity (Wildman–Crippen MR) is 83.2 cm³/mol. The van der Waals surface area contributed by atoms with Gasteiger partial charge >= 0.3 is 0 Å². The molecular weight excluding hydrogens is 250 g/mol. The van der Waals surface area contributed by atoms with Gasteiger partial charge in [0.1, 0.15) is 11.5 Å². The maximum Gasteiger partial charge on any atom is 0.124 e. The second kappa shape index (κ2) is 10.2. The summed E-state index contributed by atoms with van der Waals surface area (Å²) in [6, 6.07) is 5.82. The van der Waals surface area contributed by atoms with Crippen LogP contribution in [0.25, 0.3) is 0 Å². The molecule has 0 bridgehead atoms. The Morgan fingerprint density at radius 3 is 2.15 bits per heavy atom. The molecule has 1 aromatic carbocycles. The summed E-state index contributed by atoms with van der Waals surface area (Å²) < 4.78 is 11.1. The molecule has 20 heavy (non-hydrogen) atoms. The van der Waals surface area contributed by atoms with Crippen LogP contribution in [-0.2, 0) is 0 Å². The minimum atomic E-state index is 0.640. The van der Waals surface area contributed by atoms with Crippen LogP contribution in [0.15, 0.2) is 18.2 Å². The summed E-state index contributed by atoms with van der Waals surface area (Å²) >= 11 is 0. The van der Waals surface area contributed by atoms with Crippen molar-refractivity contribution in [2.45, 2.75) is 39.5 Å². The zero-order valence-corrected chi connectivity index (χ0v) is 12.6. The molecule has 0 fully saturated rings. The quantitative estimate of drug-likeness (QED) is 0.584. The van der Waals surface area contributed by atoms with E-state index in [1.807, 2.05) is 32.0 Å². The van der Waals surface area contributed by atoms with Gasteiger partial charge in [-0.05, 0) is 45.4 Å². The number of rotatable bonds is 8. The maximum atomic E-state index is 5.53. The molecule has 0 aliphatic carbocycles. The van der Waals surface area contributed by atoms with Gasteiger partial charge in [-0.1, -0.05) is 18.3 Å². The summed E-state index contributed by atoms with van der Waals surface area (Å²) in [6.07, 6.45) is 4.24. The van der Waals surface area contributed by atoms with Crippen molar-refractivity contribution in [1.82, 2.24) is 0 Å². The van der Waals surface area contributed by atoms with Crippen LogP contribution in [-0.4, -0.2) is 19.8 Å². The van der Waals surface area contributed by atoms with Crippen LogP contribution >= 0.6 is 0 Å². The molecule has 2 N–H and O–H groups in total. The van der Waals surface area contributed by atoms with E-state index in [1.165, 1.54) is 0 Å². The third-order valence-corrected chi connectivity index (χ3v) is 2.74. The van der Waals surface area contributed by atoms with Crippen LogP contribution in [0.2, 0.25) is 0 Å². The molecular formula is C17H25NO2. The van der Waals surface area contributed by atoms with Crippen molar-refractivity contribution in [3.8, 4) is 23.3 Å². The van der Waals surface area contributed by atoms with Gasteiger partial charge in [0.25, 0.3) is 0 Å². The Morgan fingerprint density at radius 2 is 1.60 bits per heavy atom. The third kappa shape index (κ3) is 6.49. The predicted octanol–water partition coefficient (Wildman–Crippen LogP) is 3.35. The van der Waals surface area contributed by atoms with E-state index in [0.29, 0.717) is 13.2 Å². The van der Waals surface area contributed by atoms with Crippen molar-refractivity contribution in [3.63, 3.8) is 0 Å². The SMILES string of the molecule is CCOc1cc(C#CCCCCCN)cc(OCC)c1. The van der Waals surface area contributed by atoms with E-state index >= 15 is 0 Å². The molecule has 0 aliphatic heterocycles. The molecule has 0 aliphatic rings. The molecule has 0 atom stereocenters. The summed E-state index contributed by atoms with van der Waals surface area (Å²) in [5, 5.41) is 0. The second-order valence-corrected chi connectivity index (χ2v) is 4.46. The van der Waals surface area contributed by atoms with Crippen LogP contribution < -0.4 is 15.2 Å². The molecule has 0 spiro atoms. The zero-order valence-electron chi connectivity index (χ0n) is 12.6. The van der Waals surface area contributed by atoms with E-state index in [4.69, 9.17) is 15.2 Å². The average Bonchev–Trinajstić information content (AvgIpc) is 2.43. The number of ether oxygens (including phenoxy) is 2. The van der Waals surface area contributed by atoms with Crippen LogP contribution in [0.4, 0.5) is 0 Å². The van der Waals surface area contributed by atoms with Crippen molar-refractivity contribution >= 4 is 0 Å². The number of hydrogen-bond acceptors (Lipinski definition) is 3. The van der Waals surface area contributed by atoms with Crippen LogP contribution in [0.5, 0.6) is 11.5 Å². The Kier molecular flexibility index (Phi) is 8.33. The van der Waals surface area contributed by atoms with Gasteiger partial charge < -0.3 is 15.2 Å². The van der Waals surface area contributed by atoms with E-state index < -0.39 is 0 Å². The number of benzene rings is 1. The first-order chi connectivity index (χ1) is 9.80. The topological polar surface area (TPSA) is 44.5 Å². The first-order valence-electron chi connectivity index (χ1n) is 7.39. The summed E-state index contributed by atoms with van der Waals surface area (Å²) in [5.41, 5.74) is 6.40. The second-order valence-electron chi connectivity index (χ2n) is 4.46. The molecule has 0 saturated heterocycles. The van der Waals surface area contributed by atoms with Crippen LogP contribution in [0.1, 0.15) is 45.1 Å². The van der Waals surface area contributed by atoms with Crippen molar-refractivity contribution in [3.05, 3.63) is 23.8 Å². The van der Waals surface area contributed by atoms with Crippen molar-refractivity contribution in [2.75, 3.05) is 19.8 Å². The molecule has 0 heterocycles. The maximum absolute atomic E-state index is 5.53. The first kappa shape index (κ1) is 16.4. The van der Waals surface area contributed by atoms with Crippen LogP contribution in [0.3, 0.4) is 0 Å². The highest BCUT2D eigenvalue weighted by molar-refractivity contribution is 5.46. The van der Waals surface area contributed by atoms with Gasteiger partial charge in [-0.25, -0.2) is 0 Å². The molecule has 0 radical (unpaired) electrons. The summed E-state index contributed by atoms with van der Waals surface area (Å²) in [4.78, 5) is 0. The molecule has 1 rings (SSSR count). The summed E-state index contributed by atoms with van der Waals surface area (Å²) in [6.45, 7) is 5.98. The molecule has 0 aromatic heterocycles. The molecule has 0 saturated carbocycles. The Labute approximate surface area is 122 Å². The van der Waals surface area contributed by atoms with Gasteiger partial charge in [0.05, 0.1) is 13.2 Å². The standard InChI is InChI=1S/C17H25NO2/c1-3-19-16-12-15(13-17(14-16)20-4-2)10-8-6-5-7-9-11-18/h12-14H,3-7,9,11,18H2,1-2H3. The molecule has 0 amide bonds. The van der Waals surface area contributed by atoms with Gasteiger partial charge in [0.2, 0.25) is 0 Å².